The maximum Gasteiger partial charge on any atom is 0.138 e. The van der Waals surface area contributed by atoms with E-state index in [1.165, 1.54) is 22.1 Å². The van der Waals surface area contributed by atoms with Gasteiger partial charge in [0.25, 0.3) is 0 Å². The maximum atomic E-state index is 2.18. The van der Waals surface area contributed by atoms with Crippen molar-refractivity contribution < 1.29 is 0 Å². The fraction of sp³-hybridized carbons (Fsp3) is 0.250. The molecule has 0 nitrogen and oxygen atoms in total. The minimum Gasteiger partial charge on any atom is -0.0949 e. The second-order valence-electron chi connectivity index (χ2n) is 2.95. The van der Waals surface area contributed by atoms with Gasteiger partial charge in [0.05, 0.1) is 0 Å². The van der Waals surface area contributed by atoms with Gasteiger partial charge in [-0.05, 0) is 19.4 Å². The molecule has 1 rings (SSSR count). The van der Waals surface area contributed by atoms with Crippen LogP contribution in [0.3, 0.4) is 0 Å². The van der Waals surface area contributed by atoms with Crippen molar-refractivity contribution in [3.05, 3.63) is 23.3 Å². The first-order valence-electron chi connectivity index (χ1n) is 3.66. The van der Waals surface area contributed by atoms with Gasteiger partial charge in [-0.1, -0.05) is 28.6 Å². The first-order chi connectivity index (χ1) is 4.63. The third-order valence-electron chi connectivity index (χ3n) is 2.33. The Morgan fingerprint density at radius 2 is 1.70 bits per heavy atom. The van der Waals surface area contributed by atoms with Crippen LogP contribution in [0.5, 0.6) is 0 Å². The Hall–Kier alpha value is -0.650. The Kier molecular flexibility index (Phi) is 1.89. The lowest BCUT2D eigenvalue weighted by molar-refractivity contribution is 1.38. The molecule has 0 unspecified atom stereocenters. The Labute approximate surface area is 64.5 Å². The van der Waals surface area contributed by atoms with Gasteiger partial charge < -0.3 is 0 Å². The molecule has 0 aliphatic heterocycles. The molecule has 0 saturated carbocycles. The molecule has 0 fully saturated rings. The molecule has 10 heavy (non-hydrogen) atoms. The third-order valence-corrected chi connectivity index (χ3v) is 2.33. The summed E-state index contributed by atoms with van der Waals surface area (Å²) >= 11 is 0. The number of rotatable bonds is 0. The van der Waals surface area contributed by atoms with E-state index in [2.05, 4.69) is 41.7 Å². The van der Waals surface area contributed by atoms with Gasteiger partial charge in [0.1, 0.15) is 15.7 Å². The van der Waals surface area contributed by atoms with Gasteiger partial charge in [-0.15, -0.1) is 0 Å². The maximum absolute atomic E-state index is 2.18. The smallest absolute Gasteiger partial charge is 0.0949 e. The summed E-state index contributed by atoms with van der Waals surface area (Å²) in [4.78, 5) is 0. The summed E-state index contributed by atoms with van der Waals surface area (Å²) in [6.45, 7) is 4.33. The van der Waals surface area contributed by atoms with Crippen LogP contribution in [-0.2, 0) is 0 Å². The zero-order valence-electron chi connectivity index (χ0n) is 7.15. The lowest BCUT2D eigenvalue weighted by atomic mass is 9.77. The molecule has 0 bridgehead atoms. The van der Waals surface area contributed by atoms with E-state index in [9.17, 15) is 0 Å². The van der Waals surface area contributed by atoms with Crippen LogP contribution in [0.4, 0.5) is 0 Å². The van der Waals surface area contributed by atoms with Gasteiger partial charge in [-0.25, -0.2) is 0 Å². The lowest BCUT2D eigenvalue weighted by Gasteiger charge is -2.06. The van der Waals surface area contributed by atoms with Crippen molar-refractivity contribution in [1.29, 1.82) is 0 Å². The quantitative estimate of drug-likeness (QED) is 0.387. The average Bonchev–Trinajstić information content (AvgIpc) is 1.93. The highest BCUT2D eigenvalue weighted by Crippen LogP contribution is 1.98. The van der Waals surface area contributed by atoms with Crippen molar-refractivity contribution >= 4 is 26.6 Å². The van der Waals surface area contributed by atoms with Crippen molar-refractivity contribution in [3.8, 4) is 0 Å². The number of aryl methyl sites for hydroxylation is 1. The van der Waals surface area contributed by atoms with E-state index in [4.69, 9.17) is 0 Å². The largest absolute Gasteiger partial charge is 0.138 e. The zero-order valence-corrected chi connectivity index (χ0v) is 7.15. The van der Waals surface area contributed by atoms with Crippen LogP contribution in [0.2, 0.25) is 0 Å². The fourth-order valence-electron chi connectivity index (χ4n) is 1.09. The molecule has 0 amide bonds. The summed E-state index contributed by atoms with van der Waals surface area (Å²) in [6, 6.07) is 4.36. The van der Waals surface area contributed by atoms with E-state index in [-0.39, 0.29) is 0 Å². The number of hydrogen-bond acceptors (Lipinski definition) is 0. The van der Waals surface area contributed by atoms with Crippen molar-refractivity contribution in [3.63, 3.8) is 0 Å². The van der Waals surface area contributed by atoms with Gasteiger partial charge >= 0.3 is 0 Å². The van der Waals surface area contributed by atoms with Gasteiger partial charge in [0.2, 0.25) is 0 Å². The van der Waals surface area contributed by atoms with Crippen LogP contribution >= 0.6 is 0 Å². The molecule has 1 aromatic carbocycles. The van der Waals surface area contributed by atoms with Crippen molar-refractivity contribution in [2.24, 2.45) is 0 Å². The Balaban J connectivity index is 3.34. The molecule has 0 atom stereocenters. The Bertz CT molecular complexity index is 227. The summed E-state index contributed by atoms with van der Waals surface area (Å²) in [5.41, 5.74) is 5.64. The summed E-state index contributed by atoms with van der Waals surface area (Å²) < 4.78 is 0. The van der Waals surface area contributed by atoms with Gasteiger partial charge in [-0.2, -0.15) is 0 Å². The van der Waals surface area contributed by atoms with E-state index in [1.807, 2.05) is 0 Å². The van der Waals surface area contributed by atoms with E-state index in [0.717, 1.165) is 0 Å². The molecule has 0 radical (unpaired) electrons. The molecular weight excluding hydrogens is 118 g/mol. The number of benzene rings is 1. The van der Waals surface area contributed by atoms with Crippen LogP contribution in [0, 0.1) is 13.8 Å². The first kappa shape index (κ1) is 7.46. The van der Waals surface area contributed by atoms with E-state index < -0.39 is 0 Å². The minimum atomic E-state index is 1.39. The van der Waals surface area contributed by atoms with Gasteiger partial charge in [0, 0.05) is 0 Å². The van der Waals surface area contributed by atoms with Crippen molar-refractivity contribution in [2.75, 3.05) is 0 Å². The third kappa shape index (κ3) is 1.11. The van der Waals surface area contributed by atoms with Crippen LogP contribution in [0.1, 0.15) is 11.1 Å². The lowest BCUT2D eigenvalue weighted by Crippen LogP contribution is -2.28. The molecule has 2 heteroatoms. The summed E-state index contributed by atoms with van der Waals surface area (Å²) in [7, 11) is 4.33. The molecule has 0 aliphatic carbocycles. The molecule has 0 N–H and O–H groups in total. The van der Waals surface area contributed by atoms with Gasteiger partial charge in [0.15, 0.2) is 0 Å². The van der Waals surface area contributed by atoms with Gasteiger partial charge in [-0.3, -0.25) is 0 Å². The molecule has 0 heterocycles. The minimum absolute atomic E-state index is 1.39. The summed E-state index contributed by atoms with van der Waals surface area (Å²) in [5, 5.41) is 0. The van der Waals surface area contributed by atoms with Crippen LogP contribution in [0.15, 0.2) is 12.1 Å². The normalized spacial score (nSPS) is 9.80. The molecule has 0 aliphatic rings. The second kappa shape index (κ2) is 2.53. The van der Waals surface area contributed by atoms with E-state index in [1.54, 1.807) is 0 Å². The van der Waals surface area contributed by atoms with Crippen LogP contribution in [-0.4, -0.2) is 15.7 Å². The molecule has 0 spiro atoms. The first-order valence-corrected chi connectivity index (χ1v) is 3.66. The Morgan fingerprint density at radius 1 is 1.10 bits per heavy atom. The molecule has 0 aromatic heterocycles. The zero-order chi connectivity index (χ0) is 7.72. The topological polar surface area (TPSA) is 0 Å². The highest BCUT2D eigenvalue weighted by molar-refractivity contribution is 6.49. The van der Waals surface area contributed by atoms with E-state index in [0.29, 0.717) is 0 Å². The predicted octanol–water partition coefficient (Wildman–Crippen LogP) is -1.18. The Morgan fingerprint density at radius 3 is 2.20 bits per heavy atom. The highest BCUT2D eigenvalue weighted by atomic mass is 14.0. The SMILES string of the molecule is Bc1ccc(C)c(C)c1B. The van der Waals surface area contributed by atoms with Crippen molar-refractivity contribution in [1.82, 2.24) is 0 Å². The molecule has 0 saturated heterocycles. The predicted molar refractivity (Wildman–Crippen MR) is 52.3 cm³/mol. The van der Waals surface area contributed by atoms with Crippen LogP contribution in [0.25, 0.3) is 0 Å². The fourth-order valence-corrected chi connectivity index (χ4v) is 1.09. The van der Waals surface area contributed by atoms with Crippen LogP contribution < -0.4 is 10.9 Å². The summed E-state index contributed by atoms with van der Waals surface area (Å²) in [6.07, 6.45) is 0. The summed E-state index contributed by atoms with van der Waals surface area (Å²) in [5.74, 6) is 0. The molecule has 1 aromatic rings. The van der Waals surface area contributed by atoms with E-state index >= 15 is 0 Å². The number of hydrogen-bond donors (Lipinski definition) is 0. The standard InChI is InChI=1S/C8H12B2/c1-5-3-4-7(9)8(10)6(5)2/h3-4H,9-10H2,1-2H3. The molecule has 50 valence electrons. The highest BCUT2D eigenvalue weighted by Gasteiger charge is 1.97. The molecular formula is C8H12B2. The van der Waals surface area contributed by atoms with Crippen molar-refractivity contribution in [2.45, 2.75) is 13.8 Å². The average molecular weight is 130 g/mol. The monoisotopic (exact) mass is 130 g/mol. The second-order valence-corrected chi connectivity index (χ2v) is 2.95.